The number of halogens is 1. The van der Waals surface area contributed by atoms with Gasteiger partial charge in [-0.05, 0) is 11.1 Å². The molecule has 0 saturated carbocycles. The highest BCUT2D eigenvalue weighted by molar-refractivity contribution is 5.96. The number of morpholine rings is 1. The van der Waals surface area contributed by atoms with Crippen LogP contribution in [0.25, 0.3) is 11.1 Å². The predicted octanol–water partition coefficient (Wildman–Crippen LogP) is 3.18. The van der Waals surface area contributed by atoms with Crippen LogP contribution in [-0.4, -0.2) is 54.9 Å². The molecule has 3 unspecified atom stereocenters. The molecular formula is C23H23FNO3+. The minimum Gasteiger partial charge on any atom is -0.459 e. The van der Waals surface area contributed by atoms with Crippen molar-refractivity contribution in [3.63, 3.8) is 0 Å². The highest BCUT2D eigenvalue weighted by Gasteiger charge is 2.71. The summed E-state index contributed by atoms with van der Waals surface area (Å²) in [5.74, 6) is -0.781. The summed E-state index contributed by atoms with van der Waals surface area (Å²) in [6.45, 7) is 0. The van der Waals surface area contributed by atoms with Crippen LogP contribution < -0.4 is 0 Å². The normalized spacial score (nSPS) is 34.9. The van der Waals surface area contributed by atoms with E-state index in [-0.39, 0.29) is 18.3 Å². The lowest BCUT2D eigenvalue weighted by Crippen LogP contribution is -2.60. The Morgan fingerprint density at radius 3 is 2.04 bits per heavy atom. The van der Waals surface area contributed by atoms with Crippen LogP contribution in [0.5, 0.6) is 0 Å². The van der Waals surface area contributed by atoms with E-state index in [9.17, 15) is 4.79 Å². The van der Waals surface area contributed by atoms with Crippen LogP contribution in [-0.2, 0) is 19.9 Å². The standard InChI is InChI=1S/C23H23FNO3/c1-25(2)18-11-13(12-19(25)21-20(18)28-21)27-22(26)23(24)16-9-5-3-7-14(16)15-8-4-6-10-17(15)23/h3-10,13,18-21H,11-12H2,1-2H3/q+1/t13?,18-,19?,20-,21?/m0/s1. The van der Waals surface area contributed by atoms with Gasteiger partial charge < -0.3 is 14.0 Å². The number of alkyl halides is 1. The Hall–Kier alpha value is -2.24. The van der Waals surface area contributed by atoms with Crippen LogP contribution in [0.2, 0.25) is 0 Å². The van der Waals surface area contributed by atoms with E-state index in [0.717, 1.165) is 28.5 Å². The average molecular weight is 380 g/mol. The van der Waals surface area contributed by atoms with Gasteiger partial charge in [0.1, 0.15) is 30.4 Å². The number of likely N-dealkylation sites (N-methyl/N-ethyl adjacent to an activating group) is 1. The molecule has 1 aliphatic carbocycles. The highest BCUT2D eigenvalue weighted by Crippen LogP contribution is 2.53. The number of nitrogens with zero attached hydrogens (tertiary/aromatic N) is 1. The number of epoxide rings is 1. The molecule has 144 valence electrons. The zero-order valence-electron chi connectivity index (χ0n) is 16.0. The molecule has 0 spiro atoms. The Bertz CT molecular complexity index is 937. The number of benzene rings is 2. The topological polar surface area (TPSA) is 38.8 Å². The lowest BCUT2D eigenvalue weighted by molar-refractivity contribution is -0.938. The summed E-state index contributed by atoms with van der Waals surface area (Å²) >= 11 is 0. The maximum Gasteiger partial charge on any atom is 0.353 e. The van der Waals surface area contributed by atoms with E-state index >= 15 is 4.39 Å². The van der Waals surface area contributed by atoms with Crippen molar-refractivity contribution in [1.82, 2.24) is 0 Å². The van der Waals surface area contributed by atoms with E-state index in [1.54, 1.807) is 24.3 Å². The molecule has 3 heterocycles. The minimum absolute atomic E-state index is 0.252. The molecule has 28 heavy (non-hydrogen) atoms. The molecule has 0 amide bonds. The fourth-order valence-corrected chi connectivity index (χ4v) is 5.94. The van der Waals surface area contributed by atoms with Crippen molar-refractivity contribution in [2.75, 3.05) is 14.1 Å². The summed E-state index contributed by atoms with van der Waals surface area (Å²) in [5, 5.41) is 0. The van der Waals surface area contributed by atoms with Gasteiger partial charge in [-0.3, -0.25) is 0 Å². The van der Waals surface area contributed by atoms with Gasteiger partial charge in [0.2, 0.25) is 0 Å². The van der Waals surface area contributed by atoms with Gasteiger partial charge in [0.15, 0.2) is 0 Å². The van der Waals surface area contributed by atoms with E-state index in [4.69, 9.17) is 9.47 Å². The molecule has 4 aliphatic rings. The Labute approximate surface area is 163 Å². The SMILES string of the molecule is C[N+]1(C)C2CC(OC(=O)C3(F)c4ccccc4-c4ccccc43)C[C@H]1[C@@H]1OC21. The van der Waals surface area contributed by atoms with Gasteiger partial charge in [0.25, 0.3) is 5.67 Å². The number of esters is 1. The number of hydrogen-bond acceptors (Lipinski definition) is 3. The molecular weight excluding hydrogens is 357 g/mol. The fourth-order valence-electron chi connectivity index (χ4n) is 5.94. The van der Waals surface area contributed by atoms with E-state index in [1.165, 1.54) is 0 Å². The molecule has 3 fully saturated rings. The van der Waals surface area contributed by atoms with Crippen LogP contribution in [0.1, 0.15) is 24.0 Å². The number of piperidine rings is 1. The van der Waals surface area contributed by atoms with Crippen LogP contribution in [0.4, 0.5) is 4.39 Å². The Morgan fingerprint density at radius 2 is 1.50 bits per heavy atom. The number of ether oxygens (including phenoxy) is 2. The van der Waals surface area contributed by atoms with Crippen molar-refractivity contribution in [2.24, 2.45) is 0 Å². The van der Waals surface area contributed by atoms with Gasteiger partial charge in [0.05, 0.1) is 14.1 Å². The second-order valence-corrected chi connectivity index (χ2v) is 9.08. The molecule has 2 aromatic carbocycles. The summed E-state index contributed by atoms with van der Waals surface area (Å²) in [5.41, 5.74) is 0.0833. The van der Waals surface area contributed by atoms with E-state index in [1.807, 2.05) is 24.3 Å². The first-order valence-electron chi connectivity index (χ1n) is 10.0. The summed E-state index contributed by atoms with van der Waals surface area (Å²) in [7, 11) is 4.45. The third-order valence-electron chi connectivity index (χ3n) is 7.48. The van der Waals surface area contributed by atoms with Crippen molar-refractivity contribution < 1.29 is 23.1 Å². The Balaban J connectivity index is 1.33. The van der Waals surface area contributed by atoms with Crippen LogP contribution >= 0.6 is 0 Å². The maximum absolute atomic E-state index is 16.4. The van der Waals surface area contributed by atoms with E-state index in [2.05, 4.69) is 14.1 Å². The lowest BCUT2D eigenvalue weighted by Gasteiger charge is -2.45. The molecule has 5 heteroatoms. The van der Waals surface area contributed by atoms with Crippen molar-refractivity contribution in [3.8, 4) is 11.1 Å². The molecule has 3 saturated heterocycles. The molecule has 0 radical (unpaired) electrons. The molecule has 0 aromatic heterocycles. The van der Waals surface area contributed by atoms with Gasteiger partial charge in [-0.2, -0.15) is 0 Å². The van der Waals surface area contributed by atoms with Crippen molar-refractivity contribution >= 4 is 5.97 Å². The quantitative estimate of drug-likeness (QED) is 0.456. The molecule has 5 atom stereocenters. The van der Waals surface area contributed by atoms with Crippen LogP contribution in [0, 0.1) is 0 Å². The van der Waals surface area contributed by atoms with Gasteiger partial charge in [-0.25, -0.2) is 9.18 Å². The highest BCUT2D eigenvalue weighted by atomic mass is 19.1. The van der Waals surface area contributed by atoms with Crippen molar-refractivity contribution in [3.05, 3.63) is 59.7 Å². The predicted molar refractivity (Wildman–Crippen MR) is 101 cm³/mol. The maximum atomic E-state index is 16.4. The van der Waals surface area contributed by atoms with E-state index < -0.39 is 11.6 Å². The van der Waals surface area contributed by atoms with Crippen LogP contribution in [0.3, 0.4) is 0 Å². The van der Waals surface area contributed by atoms with Gasteiger partial charge in [0, 0.05) is 24.0 Å². The van der Waals surface area contributed by atoms with Crippen molar-refractivity contribution in [1.29, 1.82) is 0 Å². The van der Waals surface area contributed by atoms with Crippen LogP contribution in [0.15, 0.2) is 48.5 Å². The second-order valence-electron chi connectivity index (χ2n) is 9.08. The minimum atomic E-state index is -2.24. The number of fused-ring (bicyclic) bond motifs is 8. The van der Waals surface area contributed by atoms with Gasteiger partial charge >= 0.3 is 5.97 Å². The number of quaternary nitrogens is 1. The number of carbonyl (C=O) groups is 1. The smallest absolute Gasteiger partial charge is 0.353 e. The molecule has 0 N–H and O–H groups in total. The Morgan fingerprint density at radius 1 is 1.00 bits per heavy atom. The van der Waals surface area contributed by atoms with Gasteiger partial charge in [-0.1, -0.05) is 48.5 Å². The lowest BCUT2D eigenvalue weighted by atomic mass is 9.92. The number of hydrogen-bond donors (Lipinski definition) is 0. The first kappa shape index (κ1) is 16.7. The first-order chi connectivity index (χ1) is 13.4. The summed E-state index contributed by atoms with van der Waals surface area (Å²) in [6.07, 6.45) is 1.76. The van der Waals surface area contributed by atoms with Crippen molar-refractivity contribution in [2.45, 2.75) is 48.9 Å². The second kappa shape index (κ2) is 5.22. The number of carbonyl (C=O) groups excluding carboxylic acids is 1. The largest absolute Gasteiger partial charge is 0.459 e. The monoisotopic (exact) mass is 380 g/mol. The molecule has 2 aromatic rings. The third-order valence-corrected chi connectivity index (χ3v) is 7.48. The first-order valence-corrected chi connectivity index (χ1v) is 10.0. The molecule has 6 rings (SSSR count). The molecule has 3 aliphatic heterocycles. The third kappa shape index (κ3) is 1.93. The zero-order chi connectivity index (χ0) is 19.3. The van der Waals surface area contributed by atoms with E-state index in [0.29, 0.717) is 23.2 Å². The molecule has 2 bridgehead atoms. The summed E-state index contributed by atoms with van der Waals surface area (Å²) in [6, 6.07) is 15.1. The summed E-state index contributed by atoms with van der Waals surface area (Å²) < 4.78 is 29.0. The average Bonchev–Trinajstić information content (AvgIpc) is 3.40. The number of rotatable bonds is 2. The van der Waals surface area contributed by atoms with Gasteiger partial charge in [-0.15, -0.1) is 0 Å². The Kier molecular flexibility index (Phi) is 3.11. The zero-order valence-corrected chi connectivity index (χ0v) is 16.0. The fraction of sp³-hybridized carbons (Fsp3) is 0.435. The molecule has 4 nitrogen and oxygen atoms in total. The summed E-state index contributed by atoms with van der Waals surface area (Å²) in [4.78, 5) is 13.2.